The minimum atomic E-state index is -0.323. The molecule has 2 fully saturated rings. The van der Waals surface area contributed by atoms with Crippen LogP contribution in [0.15, 0.2) is 18.2 Å². The summed E-state index contributed by atoms with van der Waals surface area (Å²) in [5, 5.41) is 6.19. The molecule has 1 saturated heterocycles. The van der Waals surface area contributed by atoms with E-state index in [1.165, 1.54) is 0 Å². The van der Waals surface area contributed by atoms with Crippen LogP contribution in [0.2, 0.25) is 0 Å². The van der Waals surface area contributed by atoms with Crippen LogP contribution in [-0.2, 0) is 0 Å². The highest BCUT2D eigenvalue weighted by Gasteiger charge is 2.25. The molecule has 1 aromatic carbocycles. The molecule has 0 bridgehead atoms. The maximum Gasteiger partial charge on any atom is 0.254 e. The first-order valence-corrected chi connectivity index (χ1v) is 7.55. The van der Waals surface area contributed by atoms with Crippen LogP contribution >= 0.6 is 0 Å². The summed E-state index contributed by atoms with van der Waals surface area (Å²) < 4.78 is 14.6. The maximum absolute atomic E-state index is 14.6. The molecule has 3 nitrogen and oxygen atoms in total. The molecule has 1 heterocycles. The highest BCUT2D eigenvalue weighted by Crippen LogP contribution is 2.29. The van der Waals surface area contributed by atoms with Gasteiger partial charge in [0.2, 0.25) is 0 Å². The Balaban J connectivity index is 1.78. The molecular weight excluding hydrogens is 255 g/mol. The van der Waals surface area contributed by atoms with Crippen molar-refractivity contribution in [2.75, 3.05) is 13.1 Å². The summed E-state index contributed by atoms with van der Waals surface area (Å²) in [4.78, 5) is 12.1. The molecule has 1 aromatic rings. The van der Waals surface area contributed by atoms with Crippen molar-refractivity contribution < 1.29 is 9.18 Å². The van der Waals surface area contributed by atoms with Gasteiger partial charge in [0.25, 0.3) is 5.91 Å². The molecule has 0 aromatic heterocycles. The van der Waals surface area contributed by atoms with Gasteiger partial charge in [-0.15, -0.1) is 0 Å². The summed E-state index contributed by atoms with van der Waals surface area (Å²) in [5.41, 5.74) is 0.903. The molecule has 1 aliphatic heterocycles. The van der Waals surface area contributed by atoms with Crippen molar-refractivity contribution >= 4 is 5.91 Å². The second-order valence-corrected chi connectivity index (χ2v) is 5.83. The predicted octanol–water partition coefficient (Wildman–Crippen LogP) is 2.58. The Labute approximate surface area is 118 Å². The molecule has 3 rings (SSSR count). The first kappa shape index (κ1) is 13.6. The molecule has 0 unspecified atom stereocenters. The van der Waals surface area contributed by atoms with E-state index < -0.39 is 0 Å². The minimum Gasteiger partial charge on any atom is -0.349 e. The van der Waals surface area contributed by atoms with Crippen molar-refractivity contribution in [3.8, 4) is 0 Å². The summed E-state index contributed by atoms with van der Waals surface area (Å²) in [6, 6.07) is 5.46. The number of rotatable bonds is 3. The van der Waals surface area contributed by atoms with Crippen LogP contribution in [0.5, 0.6) is 0 Å². The van der Waals surface area contributed by atoms with Crippen molar-refractivity contribution in [2.24, 2.45) is 0 Å². The van der Waals surface area contributed by atoms with E-state index in [-0.39, 0.29) is 29.2 Å². The Hall–Kier alpha value is -1.42. The van der Waals surface area contributed by atoms with Gasteiger partial charge in [0.05, 0.1) is 5.56 Å². The zero-order valence-electron chi connectivity index (χ0n) is 11.6. The Kier molecular flexibility index (Phi) is 4.01. The second-order valence-electron chi connectivity index (χ2n) is 5.83. The van der Waals surface area contributed by atoms with E-state index in [0.29, 0.717) is 5.56 Å². The van der Waals surface area contributed by atoms with Gasteiger partial charge in [0, 0.05) is 6.04 Å². The summed E-state index contributed by atoms with van der Waals surface area (Å²) >= 11 is 0. The standard InChI is InChI=1S/C16H21FN2O/c17-15-13(11-7-9-18-10-8-11)5-2-6-14(15)16(20)19-12-3-1-4-12/h2,5-6,11-12,18H,1,3-4,7-10H2,(H,19,20). The van der Waals surface area contributed by atoms with Gasteiger partial charge in [-0.1, -0.05) is 12.1 Å². The lowest BCUT2D eigenvalue weighted by Crippen LogP contribution is -2.40. The fraction of sp³-hybridized carbons (Fsp3) is 0.562. The smallest absolute Gasteiger partial charge is 0.254 e. The first-order valence-electron chi connectivity index (χ1n) is 7.55. The number of amides is 1. The van der Waals surface area contributed by atoms with E-state index in [2.05, 4.69) is 10.6 Å². The van der Waals surface area contributed by atoms with Crippen LogP contribution in [-0.4, -0.2) is 25.0 Å². The highest BCUT2D eigenvalue weighted by atomic mass is 19.1. The third-order valence-electron chi connectivity index (χ3n) is 4.49. The number of halogens is 1. The van der Waals surface area contributed by atoms with Gasteiger partial charge >= 0.3 is 0 Å². The van der Waals surface area contributed by atoms with E-state index in [1.807, 2.05) is 6.07 Å². The van der Waals surface area contributed by atoms with Crippen molar-refractivity contribution in [3.05, 3.63) is 35.1 Å². The number of hydrogen-bond donors (Lipinski definition) is 2. The largest absolute Gasteiger partial charge is 0.349 e. The number of benzene rings is 1. The van der Waals surface area contributed by atoms with Crippen LogP contribution in [0.1, 0.15) is 53.9 Å². The van der Waals surface area contributed by atoms with Gasteiger partial charge in [-0.3, -0.25) is 4.79 Å². The van der Waals surface area contributed by atoms with Gasteiger partial charge in [0.15, 0.2) is 0 Å². The van der Waals surface area contributed by atoms with Gasteiger partial charge in [0.1, 0.15) is 5.82 Å². The van der Waals surface area contributed by atoms with Gasteiger partial charge in [-0.2, -0.15) is 0 Å². The maximum atomic E-state index is 14.6. The highest BCUT2D eigenvalue weighted by molar-refractivity contribution is 5.95. The quantitative estimate of drug-likeness (QED) is 0.891. The van der Waals surface area contributed by atoms with Crippen molar-refractivity contribution in [2.45, 2.75) is 44.1 Å². The average molecular weight is 276 g/mol. The third kappa shape index (κ3) is 2.70. The van der Waals surface area contributed by atoms with Gasteiger partial charge < -0.3 is 10.6 Å². The third-order valence-corrected chi connectivity index (χ3v) is 4.49. The number of nitrogens with one attached hydrogen (secondary N) is 2. The molecule has 20 heavy (non-hydrogen) atoms. The van der Waals surface area contributed by atoms with Crippen LogP contribution in [0.3, 0.4) is 0 Å². The van der Waals surface area contributed by atoms with Crippen LogP contribution in [0.4, 0.5) is 4.39 Å². The number of piperidine rings is 1. The molecule has 2 aliphatic rings. The number of carbonyl (C=O) groups excluding carboxylic acids is 1. The molecule has 108 valence electrons. The van der Waals surface area contributed by atoms with E-state index in [1.54, 1.807) is 12.1 Å². The zero-order valence-corrected chi connectivity index (χ0v) is 11.6. The monoisotopic (exact) mass is 276 g/mol. The summed E-state index contributed by atoms with van der Waals surface area (Å²) in [7, 11) is 0. The summed E-state index contributed by atoms with van der Waals surface area (Å²) in [6.07, 6.45) is 5.06. The van der Waals surface area contributed by atoms with Gasteiger partial charge in [-0.05, 0) is 62.7 Å². The zero-order chi connectivity index (χ0) is 13.9. The lowest BCUT2D eigenvalue weighted by molar-refractivity contribution is 0.0912. The molecule has 1 aliphatic carbocycles. The summed E-state index contributed by atoms with van der Waals surface area (Å²) in [5.74, 6) is -0.355. The number of carbonyl (C=O) groups is 1. The molecule has 4 heteroatoms. The molecule has 0 spiro atoms. The molecular formula is C16H21FN2O. The van der Waals surface area contributed by atoms with E-state index in [9.17, 15) is 9.18 Å². The van der Waals surface area contributed by atoms with Crippen LogP contribution in [0, 0.1) is 5.82 Å². The SMILES string of the molecule is O=C(NC1CCC1)c1cccc(C2CCNCC2)c1F. The second kappa shape index (κ2) is 5.92. The normalized spacial score (nSPS) is 20.4. The lowest BCUT2D eigenvalue weighted by atomic mass is 9.88. The Morgan fingerprint density at radius 2 is 1.95 bits per heavy atom. The first-order chi connectivity index (χ1) is 9.75. The Morgan fingerprint density at radius 3 is 2.60 bits per heavy atom. The lowest BCUT2D eigenvalue weighted by Gasteiger charge is -2.27. The van der Waals surface area contributed by atoms with E-state index in [0.717, 1.165) is 45.2 Å². The topological polar surface area (TPSA) is 41.1 Å². The Morgan fingerprint density at radius 1 is 1.20 bits per heavy atom. The molecule has 1 amide bonds. The van der Waals surface area contributed by atoms with Crippen molar-refractivity contribution in [1.29, 1.82) is 0 Å². The van der Waals surface area contributed by atoms with Crippen LogP contribution in [0.25, 0.3) is 0 Å². The fourth-order valence-corrected chi connectivity index (χ4v) is 2.99. The van der Waals surface area contributed by atoms with E-state index >= 15 is 0 Å². The minimum absolute atomic E-state index is 0.202. The molecule has 1 saturated carbocycles. The van der Waals surface area contributed by atoms with E-state index in [4.69, 9.17) is 0 Å². The molecule has 0 radical (unpaired) electrons. The van der Waals surface area contributed by atoms with Gasteiger partial charge in [-0.25, -0.2) is 4.39 Å². The van der Waals surface area contributed by atoms with Crippen molar-refractivity contribution in [3.63, 3.8) is 0 Å². The fourth-order valence-electron chi connectivity index (χ4n) is 2.99. The molecule has 0 atom stereocenters. The number of hydrogen-bond acceptors (Lipinski definition) is 2. The summed E-state index contributed by atoms with van der Waals surface area (Å²) in [6.45, 7) is 1.84. The van der Waals surface area contributed by atoms with Crippen molar-refractivity contribution in [1.82, 2.24) is 10.6 Å². The molecule has 2 N–H and O–H groups in total. The average Bonchev–Trinajstić information content (AvgIpc) is 2.44. The predicted molar refractivity (Wildman–Crippen MR) is 76.3 cm³/mol. The van der Waals surface area contributed by atoms with Crippen LogP contribution < -0.4 is 10.6 Å². The Bertz CT molecular complexity index is 493.